The van der Waals surface area contributed by atoms with E-state index in [1.54, 1.807) is 0 Å². The van der Waals surface area contributed by atoms with E-state index in [1.165, 1.54) is 0 Å². The molecule has 0 radical (unpaired) electrons. The number of nitrogens with zero attached hydrogens (tertiary/aromatic N) is 2. The van der Waals surface area contributed by atoms with Crippen molar-refractivity contribution < 1.29 is 14.3 Å². The molecule has 2 rings (SSSR count). The zero-order valence-electron chi connectivity index (χ0n) is 15.2. The minimum atomic E-state index is -0.256. The average Bonchev–Trinajstić information content (AvgIpc) is 2.78. The highest BCUT2D eigenvalue weighted by atomic mass is 79.9. The number of ether oxygens (including phenoxy) is 2. The van der Waals surface area contributed by atoms with Crippen LogP contribution in [0.3, 0.4) is 0 Å². The van der Waals surface area contributed by atoms with E-state index in [0.717, 1.165) is 33.7 Å². The highest BCUT2D eigenvalue weighted by molar-refractivity contribution is 9.10. The van der Waals surface area contributed by atoms with Gasteiger partial charge in [0.2, 0.25) is 0 Å². The van der Waals surface area contributed by atoms with Gasteiger partial charge in [-0.2, -0.15) is 5.10 Å². The van der Waals surface area contributed by atoms with E-state index in [1.807, 2.05) is 42.8 Å². The summed E-state index contributed by atoms with van der Waals surface area (Å²) in [5.41, 5.74) is 2.88. The third-order valence-electron chi connectivity index (χ3n) is 3.80. The van der Waals surface area contributed by atoms with Crippen molar-refractivity contribution >= 4 is 21.9 Å². The molecule has 6 heteroatoms. The van der Waals surface area contributed by atoms with Crippen LogP contribution in [-0.2, 0) is 22.5 Å². The van der Waals surface area contributed by atoms with Gasteiger partial charge in [0.15, 0.2) is 0 Å². The summed E-state index contributed by atoms with van der Waals surface area (Å²) in [5, 5.41) is 4.53. The molecule has 1 aromatic carbocycles. The van der Waals surface area contributed by atoms with Gasteiger partial charge in [0.05, 0.1) is 12.1 Å². The predicted octanol–water partition coefficient (Wildman–Crippen LogP) is 4.08. The first kappa shape index (κ1) is 19.5. The first-order chi connectivity index (χ1) is 11.9. The number of rotatable bonds is 8. The van der Waals surface area contributed by atoms with E-state index in [0.29, 0.717) is 12.5 Å². The number of esters is 1. The molecule has 25 heavy (non-hydrogen) atoms. The summed E-state index contributed by atoms with van der Waals surface area (Å²) in [6.45, 7) is 9.63. The van der Waals surface area contributed by atoms with Gasteiger partial charge < -0.3 is 9.47 Å². The minimum Gasteiger partial charge on any atom is -0.490 e. The molecule has 0 atom stereocenters. The van der Waals surface area contributed by atoms with Gasteiger partial charge in [0.25, 0.3) is 0 Å². The smallest absolute Gasteiger partial charge is 0.310 e. The van der Waals surface area contributed by atoms with E-state index in [9.17, 15) is 4.79 Å². The average molecular weight is 409 g/mol. The molecule has 0 fully saturated rings. The number of hydrogen-bond acceptors (Lipinski definition) is 4. The van der Waals surface area contributed by atoms with Crippen LogP contribution in [0.4, 0.5) is 0 Å². The fourth-order valence-electron chi connectivity index (χ4n) is 2.58. The zero-order chi connectivity index (χ0) is 18.4. The van der Waals surface area contributed by atoms with E-state index in [2.05, 4.69) is 34.9 Å². The van der Waals surface area contributed by atoms with Crippen LogP contribution in [0.25, 0.3) is 0 Å². The number of benzene rings is 1. The third kappa shape index (κ3) is 5.88. The Morgan fingerprint density at radius 2 is 2.04 bits per heavy atom. The largest absolute Gasteiger partial charge is 0.490 e. The molecule has 0 aliphatic rings. The Hall–Kier alpha value is -1.82. The number of carbonyl (C=O) groups is 1. The molecule has 0 N–H and O–H groups in total. The lowest BCUT2D eigenvalue weighted by molar-refractivity contribution is -0.143. The van der Waals surface area contributed by atoms with Crippen molar-refractivity contribution in [3.05, 3.63) is 45.7 Å². The van der Waals surface area contributed by atoms with Gasteiger partial charge in [-0.15, -0.1) is 0 Å². The molecule has 5 nitrogen and oxygen atoms in total. The number of halogens is 1. The number of aryl methyl sites for hydroxylation is 1. The van der Waals surface area contributed by atoms with Crippen LogP contribution in [0.2, 0.25) is 0 Å². The minimum absolute atomic E-state index is 0.226. The van der Waals surface area contributed by atoms with Crippen LogP contribution in [0, 0.1) is 19.8 Å². The maximum absolute atomic E-state index is 12.1. The van der Waals surface area contributed by atoms with Crippen molar-refractivity contribution in [1.29, 1.82) is 0 Å². The molecule has 1 aromatic heterocycles. The lowest BCUT2D eigenvalue weighted by Crippen LogP contribution is -2.15. The molecule has 1 heterocycles. The van der Waals surface area contributed by atoms with Crippen molar-refractivity contribution in [3.63, 3.8) is 0 Å². The normalized spacial score (nSPS) is 11.0. The Bertz CT molecular complexity index is 725. The fourth-order valence-corrected chi connectivity index (χ4v) is 2.96. The van der Waals surface area contributed by atoms with Gasteiger partial charge in [-0.3, -0.25) is 9.48 Å². The molecular formula is C19H25BrN2O3. The topological polar surface area (TPSA) is 53.4 Å². The Kier molecular flexibility index (Phi) is 7.05. The maximum atomic E-state index is 12.1. The van der Waals surface area contributed by atoms with Gasteiger partial charge >= 0.3 is 5.97 Å². The molecule has 0 saturated carbocycles. The number of carbonyl (C=O) groups excluding carboxylic acids is 1. The third-order valence-corrected chi connectivity index (χ3v) is 4.29. The summed E-state index contributed by atoms with van der Waals surface area (Å²) in [6, 6.07) is 7.56. The molecule has 0 aliphatic carbocycles. The van der Waals surface area contributed by atoms with Crippen molar-refractivity contribution in [2.45, 2.75) is 40.7 Å². The quantitative estimate of drug-likeness (QED) is 0.487. The molecular weight excluding hydrogens is 384 g/mol. The van der Waals surface area contributed by atoms with E-state index < -0.39 is 0 Å². The molecule has 0 aliphatic heterocycles. The predicted molar refractivity (Wildman–Crippen MR) is 101 cm³/mol. The lowest BCUT2D eigenvalue weighted by Gasteiger charge is -2.09. The second kappa shape index (κ2) is 9.04. The van der Waals surface area contributed by atoms with Gasteiger partial charge in [-0.25, -0.2) is 0 Å². The van der Waals surface area contributed by atoms with Gasteiger partial charge in [-0.1, -0.05) is 35.8 Å². The molecule has 0 spiro atoms. The second-order valence-electron chi connectivity index (χ2n) is 6.43. The van der Waals surface area contributed by atoms with Gasteiger partial charge in [0.1, 0.15) is 19.0 Å². The maximum Gasteiger partial charge on any atom is 0.310 e. The Labute approximate surface area is 157 Å². The van der Waals surface area contributed by atoms with Crippen LogP contribution in [0.1, 0.15) is 30.8 Å². The van der Waals surface area contributed by atoms with Crippen LogP contribution >= 0.6 is 15.9 Å². The zero-order valence-corrected chi connectivity index (χ0v) is 16.8. The highest BCUT2D eigenvalue weighted by Crippen LogP contribution is 2.18. The standard InChI is InChI=1S/C19H25BrN2O3/c1-13(2)12-22-15(4)18(14(3)21-22)11-19(23)25-9-8-24-17-7-5-6-16(20)10-17/h5-7,10,13H,8-9,11-12H2,1-4H3. The summed E-state index contributed by atoms with van der Waals surface area (Å²) in [4.78, 5) is 12.1. The molecule has 0 unspecified atom stereocenters. The first-order valence-corrected chi connectivity index (χ1v) is 9.23. The van der Waals surface area contributed by atoms with E-state index >= 15 is 0 Å². The fraction of sp³-hybridized carbons (Fsp3) is 0.474. The van der Waals surface area contributed by atoms with Crippen LogP contribution in [0.15, 0.2) is 28.7 Å². The Balaban J connectivity index is 1.81. The van der Waals surface area contributed by atoms with Crippen LogP contribution in [0.5, 0.6) is 5.75 Å². The number of aromatic nitrogens is 2. The molecule has 0 saturated heterocycles. The first-order valence-electron chi connectivity index (χ1n) is 8.43. The second-order valence-corrected chi connectivity index (χ2v) is 7.34. The SMILES string of the molecule is Cc1nn(CC(C)C)c(C)c1CC(=O)OCCOc1cccc(Br)c1. The summed E-state index contributed by atoms with van der Waals surface area (Å²) in [5.74, 6) is 0.994. The van der Waals surface area contributed by atoms with E-state index in [-0.39, 0.29) is 19.0 Å². The summed E-state index contributed by atoms with van der Waals surface area (Å²) < 4.78 is 13.8. The monoisotopic (exact) mass is 408 g/mol. The molecule has 0 amide bonds. The summed E-state index contributed by atoms with van der Waals surface area (Å²) >= 11 is 3.39. The van der Waals surface area contributed by atoms with Crippen LogP contribution in [-0.4, -0.2) is 29.0 Å². The molecule has 0 bridgehead atoms. The van der Waals surface area contributed by atoms with Gasteiger partial charge in [0, 0.05) is 22.3 Å². The van der Waals surface area contributed by atoms with Gasteiger partial charge in [-0.05, 0) is 38.0 Å². The number of hydrogen-bond donors (Lipinski definition) is 0. The lowest BCUT2D eigenvalue weighted by atomic mass is 10.1. The van der Waals surface area contributed by atoms with Crippen molar-refractivity contribution in [2.24, 2.45) is 5.92 Å². The van der Waals surface area contributed by atoms with E-state index in [4.69, 9.17) is 9.47 Å². The van der Waals surface area contributed by atoms with Crippen molar-refractivity contribution in [3.8, 4) is 5.75 Å². The Morgan fingerprint density at radius 1 is 1.28 bits per heavy atom. The highest BCUT2D eigenvalue weighted by Gasteiger charge is 2.16. The molecule has 2 aromatic rings. The molecule has 136 valence electrons. The summed E-state index contributed by atoms with van der Waals surface area (Å²) in [6.07, 6.45) is 0.243. The van der Waals surface area contributed by atoms with Crippen LogP contribution < -0.4 is 4.74 Å². The van der Waals surface area contributed by atoms with Crippen molar-refractivity contribution in [2.75, 3.05) is 13.2 Å². The Morgan fingerprint density at radius 3 is 2.72 bits per heavy atom. The summed E-state index contributed by atoms with van der Waals surface area (Å²) in [7, 11) is 0. The van der Waals surface area contributed by atoms with Crippen molar-refractivity contribution in [1.82, 2.24) is 9.78 Å².